The molecule has 0 radical (unpaired) electrons. The second-order valence-electron chi connectivity index (χ2n) is 18.9. The van der Waals surface area contributed by atoms with Gasteiger partial charge in [0.15, 0.2) is 0 Å². The van der Waals surface area contributed by atoms with Gasteiger partial charge in [0.1, 0.15) is 44.7 Å². The predicted molar refractivity (Wildman–Crippen MR) is 297 cm³/mol. The van der Waals surface area contributed by atoms with Crippen LogP contribution < -0.4 is 9.80 Å². The summed E-state index contributed by atoms with van der Waals surface area (Å²) < 4.78 is 26.6. The maximum atomic E-state index is 6.76. The van der Waals surface area contributed by atoms with E-state index >= 15 is 0 Å². The van der Waals surface area contributed by atoms with Gasteiger partial charge in [-0.15, -0.1) is 0 Å². The van der Waals surface area contributed by atoms with Gasteiger partial charge in [-0.2, -0.15) is 0 Å². The summed E-state index contributed by atoms with van der Waals surface area (Å²) in [5.41, 5.74) is 12.8. The first-order valence-corrected chi connectivity index (χ1v) is 24.3. The van der Waals surface area contributed by atoms with Crippen LogP contribution in [0.5, 0.6) is 0 Å². The van der Waals surface area contributed by atoms with Crippen LogP contribution in [0.1, 0.15) is 0 Å². The fraction of sp³-hybridized carbons (Fsp3) is 0. The van der Waals surface area contributed by atoms with Gasteiger partial charge in [-0.3, -0.25) is 0 Å². The molecular weight excluding hydrogens is 885 g/mol. The molecule has 336 valence electrons. The van der Waals surface area contributed by atoms with Gasteiger partial charge in [0, 0.05) is 101 Å². The lowest BCUT2D eigenvalue weighted by molar-refractivity contribution is 0.668. The molecule has 72 heavy (non-hydrogen) atoms. The van der Waals surface area contributed by atoms with Gasteiger partial charge in [-0.25, -0.2) is 0 Å². The summed E-state index contributed by atoms with van der Waals surface area (Å²) in [5.74, 6) is 0. The molecule has 0 atom stereocenters. The number of rotatable bonds is 6. The summed E-state index contributed by atoms with van der Waals surface area (Å²) in [6, 6.07) is 81.3. The molecular formula is C66H38N2O4. The SMILES string of the molecule is c1ccc(N(c2ccc3c(c2)oc2cc4ccccc4cc23)c2ccc3c(c2)oc2cc4cc5c(cc4cc23)oc2cc(N(c3ccccc3)c3ccc4c(c3)oc3cc6ccccc6cc34)ccc25)cc1. The number of furan rings is 4. The summed E-state index contributed by atoms with van der Waals surface area (Å²) in [7, 11) is 0. The molecule has 0 bridgehead atoms. The zero-order valence-electron chi connectivity index (χ0n) is 38.5. The van der Waals surface area contributed by atoms with E-state index in [1.54, 1.807) is 0 Å². The molecule has 6 heteroatoms. The Bertz CT molecular complexity index is 4580. The van der Waals surface area contributed by atoms with Gasteiger partial charge < -0.3 is 27.5 Å². The van der Waals surface area contributed by atoms with Crippen LogP contribution in [0.4, 0.5) is 34.1 Å². The molecule has 0 unspecified atom stereocenters. The number of para-hydroxylation sites is 2. The van der Waals surface area contributed by atoms with E-state index < -0.39 is 0 Å². The molecule has 4 aromatic heterocycles. The number of hydrogen-bond donors (Lipinski definition) is 0. The average Bonchev–Trinajstić information content (AvgIpc) is 4.17. The second kappa shape index (κ2) is 14.9. The highest BCUT2D eigenvalue weighted by atomic mass is 16.3. The summed E-state index contributed by atoms with van der Waals surface area (Å²) in [4.78, 5) is 4.52. The Morgan fingerprint density at radius 3 is 0.750 bits per heavy atom. The van der Waals surface area contributed by atoms with E-state index in [-0.39, 0.29) is 0 Å². The molecule has 16 aromatic rings. The van der Waals surface area contributed by atoms with Crippen molar-refractivity contribution >= 4 is 154 Å². The normalized spacial score (nSPS) is 12.2. The molecule has 0 amide bonds. The monoisotopic (exact) mass is 922 g/mol. The molecule has 0 spiro atoms. The van der Waals surface area contributed by atoms with E-state index in [0.717, 1.165) is 143 Å². The fourth-order valence-electron chi connectivity index (χ4n) is 11.3. The number of fused-ring (bicyclic) bond motifs is 15. The summed E-state index contributed by atoms with van der Waals surface area (Å²) in [6.45, 7) is 0. The van der Waals surface area contributed by atoms with E-state index in [0.29, 0.717) is 0 Å². The minimum Gasteiger partial charge on any atom is -0.456 e. The first kappa shape index (κ1) is 39.1. The largest absolute Gasteiger partial charge is 0.456 e. The lowest BCUT2D eigenvalue weighted by Gasteiger charge is -2.25. The lowest BCUT2D eigenvalue weighted by atomic mass is 10.0. The maximum absolute atomic E-state index is 6.76. The molecule has 0 aliphatic carbocycles. The van der Waals surface area contributed by atoms with E-state index in [2.05, 4.69) is 228 Å². The van der Waals surface area contributed by atoms with Crippen LogP contribution in [0, 0.1) is 0 Å². The van der Waals surface area contributed by atoms with E-state index in [9.17, 15) is 0 Å². The third-order valence-corrected chi connectivity index (χ3v) is 14.7. The minimum absolute atomic E-state index is 0.813. The Morgan fingerprint density at radius 2 is 0.431 bits per heavy atom. The van der Waals surface area contributed by atoms with E-state index in [4.69, 9.17) is 17.7 Å². The third kappa shape index (κ3) is 5.96. The van der Waals surface area contributed by atoms with Gasteiger partial charge in [-0.05, 0) is 154 Å². The number of nitrogens with zero attached hydrogens (tertiary/aromatic N) is 2. The van der Waals surface area contributed by atoms with Crippen LogP contribution in [0.25, 0.3) is 120 Å². The van der Waals surface area contributed by atoms with Gasteiger partial charge in [0.2, 0.25) is 0 Å². The Kier molecular flexibility index (Phi) is 8.07. The van der Waals surface area contributed by atoms with Crippen molar-refractivity contribution in [1.82, 2.24) is 0 Å². The van der Waals surface area contributed by atoms with E-state index in [1.165, 1.54) is 10.8 Å². The van der Waals surface area contributed by atoms with Gasteiger partial charge in [0.25, 0.3) is 0 Å². The zero-order valence-corrected chi connectivity index (χ0v) is 38.5. The van der Waals surface area contributed by atoms with Crippen molar-refractivity contribution in [2.75, 3.05) is 9.80 Å². The number of anilines is 6. The quantitative estimate of drug-likeness (QED) is 0.166. The van der Waals surface area contributed by atoms with Crippen molar-refractivity contribution < 1.29 is 17.7 Å². The highest BCUT2D eigenvalue weighted by Gasteiger charge is 2.21. The van der Waals surface area contributed by atoms with Crippen LogP contribution in [-0.2, 0) is 0 Å². The maximum Gasteiger partial charge on any atom is 0.137 e. The molecule has 0 fully saturated rings. The van der Waals surface area contributed by atoms with E-state index in [1.807, 2.05) is 12.1 Å². The number of benzene rings is 12. The van der Waals surface area contributed by atoms with Crippen LogP contribution in [0.3, 0.4) is 0 Å². The molecule has 0 aliphatic heterocycles. The third-order valence-electron chi connectivity index (χ3n) is 14.7. The molecule has 12 aromatic carbocycles. The minimum atomic E-state index is 0.813. The van der Waals surface area contributed by atoms with Crippen molar-refractivity contribution in [3.8, 4) is 0 Å². The zero-order chi connectivity index (χ0) is 47.0. The van der Waals surface area contributed by atoms with Crippen LogP contribution in [-0.4, -0.2) is 0 Å². The van der Waals surface area contributed by atoms with Crippen molar-refractivity contribution in [3.63, 3.8) is 0 Å². The molecule has 6 nitrogen and oxygen atoms in total. The topological polar surface area (TPSA) is 59.0 Å². The fourth-order valence-corrected chi connectivity index (χ4v) is 11.3. The average molecular weight is 923 g/mol. The molecule has 0 saturated carbocycles. The van der Waals surface area contributed by atoms with Crippen molar-refractivity contribution in [3.05, 3.63) is 231 Å². The molecule has 0 N–H and O–H groups in total. The highest BCUT2D eigenvalue weighted by Crippen LogP contribution is 2.45. The van der Waals surface area contributed by atoms with Crippen LogP contribution in [0.2, 0.25) is 0 Å². The van der Waals surface area contributed by atoms with Gasteiger partial charge in [-0.1, -0.05) is 84.9 Å². The van der Waals surface area contributed by atoms with Crippen molar-refractivity contribution in [2.45, 2.75) is 0 Å². The molecule has 4 heterocycles. The van der Waals surface area contributed by atoms with Crippen LogP contribution >= 0.6 is 0 Å². The summed E-state index contributed by atoms with van der Waals surface area (Å²) in [5, 5.41) is 15.5. The Labute approximate surface area is 410 Å². The predicted octanol–water partition coefficient (Wildman–Crippen LogP) is 19.7. The van der Waals surface area contributed by atoms with Gasteiger partial charge in [0.05, 0.1) is 0 Å². The van der Waals surface area contributed by atoms with Crippen LogP contribution in [0.15, 0.2) is 248 Å². The molecule has 0 aliphatic rings. The van der Waals surface area contributed by atoms with Crippen molar-refractivity contribution in [2.24, 2.45) is 0 Å². The van der Waals surface area contributed by atoms with Crippen molar-refractivity contribution in [1.29, 1.82) is 0 Å². The molecule has 16 rings (SSSR count). The lowest BCUT2D eigenvalue weighted by Crippen LogP contribution is -2.09. The Morgan fingerprint density at radius 1 is 0.181 bits per heavy atom. The second-order valence-corrected chi connectivity index (χ2v) is 18.9. The standard InChI is InChI=1S/C66H38N2O4/c1-3-15-45(16-4-1)67(47-19-23-51-55-27-39-11-7-9-13-41(39)31-59(55)69-63(51)35-47)49-21-25-53-57-29-43-34-62-58(30-44(43)33-61(57)71-65(53)37-49)54-26-22-50(38-66(54)72-62)68(46-17-5-2-6-18-46)48-20-24-52-56-28-40-12-8-10-14-42(40)32-60(56)70-64(52)36-48/h1-38H. The smallest absolute Gasteiger partial charge is 0.137 e. The number of hydrogen-bond acceptors (Lipinski definition) is 6. The van der Waals surface area contributed by atoms with Gasteiger partial charge >= 0.3 is 0 Å². The molecule has 0 saturated heterocycles. The first-order chi connectivity index (χ1) is 35.6. The Hall–Kier alpha value is -9.78. The summed E-state index contributed by atoms with van der Waals surface area (Å²) >= 11 is 0. The first-order valence-electron chi connectivity index (χ1n) is 24.3. The summed E-state index contributed by atoms with van der Waals surface area (Å²) in [6.07, 6.45) is 0. The highest BCUT2D eigenvalue weighted by molar-refractivity contribution is 6.17. The Balaban J connectivity index is 0.775.